The summed E-state index contributed by atoms with van der Waals surface area (Å²) in [6.45, 7) is 1.52. The molecule has 0 spiro atoms. The van der Waals surface area contributed by atoms with Crippen LogP contribution in [0.4, 0.5) is 0 Å². The number of piperidine rings is 1. The zero-order chi connectivity index (χ0) is 13.7. The van der Waals surface area contributed by atoms with E-state index in [4.69, 9.17) is 0 Å². The van der Waals surface area contributed by atoms with Gasteiger partial charge in [-0.15, -0.1) is 0 Å². The fraction of sp³-hybridized carbons (Fsp3) is 1.00. The van der Waals surface area contributed by atoms with Crippen LogP contribution in [0.25, 0.3) is 0 Å². The van der Waals surface area contributed by atoms with E-state index in [1.54, 1.807) is 11.4 Å². The van der Waals surface area contributed by atoms with Gasteiger partial charge in [-0.25, -0.2) is 4.72 Å². The summed E-state index contributed by atoms with van der Waals surface area (Å²) in [4.78, 5) is 0. The number of rotatable bonds is 5. The maximum absolute atomic E-state index is 12.3. The third-order valence-corrected chi connectivity index (χ3v) is 5.98. The summed E-state index contributed by atoms with van der Waals surface area (Å²) >= 11 is 0. The van der Waals surface area contributed by atoms with E-state index in [1.807, 2.05) is 0 Å². The first kappa shape index (κ1) is 15.2. The molecule has 2 aliphatic rings. The summed E-state index contributed by atoms with van der Waals surface area (Å²) in [6.07, 6.45) is 8.99. The minimum atomic E-state index is -3.32. The molecule has 0 aromatic carbocycles. The Morgan fingerprint density at radius 3 is 2.42 bits per heavy atom. The van der Waals surface area contributed by atoms with Crippen LogP contribution in [0.2, 0.25) is 0 Å². The average Bonchev–Trinajstić information content (AvgIpc) is 2.46. The van der Waals surface area contributed by atoms with Crippen molar-refractivity contribution in [2.45, 2.75) is 63.5 Å². The fourth-order valence-electron chi connectivity index (χ4n) is 3.05. The van der Waals surface area contributed by atoms with Crippen molar-refractivity contribution >= 4 is 10.2 Å². The predicted octanol–water partition coefficient (Wildman–Crippen LogP) is 1.23. The third kappa shape index (κ3) is 4.41. The molecule has 2 N–H and O–H groups in total. The Morgan fingerprint density at radius 2 is 1.79 bits per heavy atom. The smallest absolute Gasteiger partial charge is 0.279 e. The van der Waals surface area contributed by atoms with Crippen molar-refractivity contribution in [3.8, 4) is 0 Å². The molecule has 1 heterocycles. The summed E-state index contributed by atoms with van der Waals surface area (Å²) in [5, 5.41) is 3.36. The van der Waals surface area contributed by atoms with E-state index in [1.165, 1.54) is 19.3 Å². The molecule has 0 amide bonds. The van der Waals surface area contributed by atoms with Crippen LogP contribution in [0.15, 0.2) is 0 Å². The highest BCUT2D eigenvalue weighted by Gasteiger charge is 2.28. The second-order valence-electron chi connectivity index (χ2n) is 5.81. The maximum Gasteiger partial charge on any atom is 0.279 e. The van der Waals surface area contributed by atoms with Crippen molar-refractivity contribution in [3.05, 3.63) is 0 Å². The van der Waals surface area contributed by atoms with Crippen LogP contribution in [0.3, 0.4) is 0 Å². The normalized spacial score (nSPS) is 26.7. The lowest BCUT2D eigenvalue weighted by atomic mass is 9.96. The molecule has 5 nitrogen and oxygen atoms in total. The van der Waals surface area contributed by atoms with Gasteiger partial charge in [-0.3, -0.25) is 0 Å². The van der Waals surface area contributed by atoms with E-state index in [0.29, 0.717) is 12.6 Å². The Hall–Kier alpha value is -0.170. The monoisotopic (exact) mass is 289 g/mol. The molecule has 1 atom stereocenters. The third-order valence-electron chi connectivity index (χ3n) is 4.39. The minimum absolute atomic E-state index is 0.186. The summed E-state index contributed by atoms with van der Waals surface area (Å²) < 4.78 is 28.8. The molecule has 1 saturated carbocycles. The zero-order valence-electron chi connectivity index (χ0n) is 11.9. The van der Waals surface area contributed by atoms with Crippen LogP contribution in [-0.2, 0) is 10.2 Å². The molecule has 2 rings (SSSR count). The molecule has 0 aromatic rings. The fourth-order valence-corrected chi connectivity index (χ4v) is 4.27. The van der Waals surface area contributed by atoms with Crippen molar-refractivity contribution in [2.75, 3.05) is 20.1 Å². The highest BCUT2D eigenvalue weighted by atomic mass is 32.2. The van der Waals surface area contributed by atoms with E-state index >= 15 is 0 Å². The summed E-state index contributed by atoms with van der Waals surface area (Å²) in [5.41, 5.74) is 0. The van der Waals surface area contributed by atoms with Crippen molar-refractivity contribution in [1.82, 2.24) is 14.3 Å². The van der Waals surface area contributed by atoms with Crippen LogP contribution < -0.4 is 10.0 Å². The van der Waals surface area contributed by atoms with E-state index in [0.717, 1.165) is 38.6 Å². The molecule has 0 aromatic heterocycles. The van der Waals surface area contributed by atoms with Crippen LogP contribution in [0.1, 0.15) is 51.4 Å². The number of nitrogens with one attached hydrogen (secondary N) is 2. The maximum atomic E-state index is 12.3. The topological polar surface area (TPSA) is 61.4 Å². The lowest BCUT2D eigenvalue weighted by molar-refractivity contribution is 0.281. The molecular formula is C13H27N3O2S. The molecule has 6 heteroatoms. The standard InChI is InChI=1S/C13H27N3O2S/c1-16(13-8-3-2-4-9-13)19(17,18)15-11-12-7-5-6-10-14-12/h12-15H,2-11H2,1H3. The van der Waals surface area contributed by atoms with Crippen molar-refractivity contribution in [2.24, 2.45) is 0 Å². The Labute approximate surface area is 117 Å². The van der Waals surface area contributed by atoms with Gasteiger partial charge in [0.05, 0.1) is 0 Å². The largest absolute Gasteiger partial charge is 0.313 e. The van der Waals surface area contributed by atoms with Crippen LogP contribution in [-0.4, -0.2) is 44.9 Å². The van der Waals surface area contributed by atoms with Gasteiger partial charge < -0.3 is 5.32 Å². The number of hydrogen-bond acceptors (Lipinski definition) is 3. The highest BCUT2D eigenvalue weighted by molar-refractivity contribution is 7.87. The highest BCUT2D eigenvalue weighted by Crippen LogP contribution is 2.23. The number of nitrogens with zero attached hydrogens (tertiary/aromatic N) is 1. The van der Waals surface area contributed by atoms with E-state index < -0.39 is 10.2 Å². The van der Waals surface area contributed by atoms with Crippen LogP contribution in [0, 0.1) is 0 Å². The van der Waals surface area contributed by atoms with Gasteiger partial charge in [-0.05, 0) is 32.2 Å². The van der Waals surface area contributed by atoms with Gasteiger partial charge in [-0.1, -0.05) is 25.7 Å². The molecule has 2 fully saturated rings. The Kier molecular flexibility index (Phi) is 5.62. The summed E-state index contributed by atoms with van der Waals surface area (Å²) in [6, 6.07) is 0.480. The second kappa shape index (κ2) is 7.02. The molecule has 0 radical (unpaired) electrons. The van der Waals surface area contributed by atoms with Gasteiger partial charge in [-0.2, -0.15) is 12.7 Å². The molecule has 1 saturated heterocycles. The molecule has 1 unspecified atom stereocenters. The molecule has 0 bridgehead atoms. The Morgan fingerprint density at radius 1 is 1.11 bits per heavy atom. The van der Waals surface area contributed by atoms with Crippen molar-refractivity contribution < 1.29 is 8.42 Å². The first-order valence-electron chi connectivity index (χ1n) is 7.55. The molecular weight excluding hydrogens is 262 g/mol. The van der Waals surface area contributed by atoms with Gasteiger partial charge in [0.1, 0.15) is 0 Å². The van der Waals surface area contributed by atoms with Gasteiger partial charge in [0, 0.05) is 25.7 Å². The van der Waals surface area contributed by atoms with Crippen molar-refractivity contribution in [1.29, 1.82) is 0 Å². The van der Waals surface area contributed by atoms with Gasteiger partial charge >= 0.3 is 0 Å². The first-order valence-corrected chi connectivity index (χ1v) is 8.99. The summed E-state index contributed by atoms with van der Waals surface area (Å²) in [5.74, 6) is 0. The molecule has 1 aliphatic carbocycles. The van der Waals surface area contributed by atoms with E-state index in [2.05, 4.69) is 10.0 Å². The van der Waals surface area contributed by atoms with Crippen LogP contribution in [0.5, 0.6) is 0 Å². The molecule has 1 aliphatic heterocycles. The minimum Gasteiger partial charge on any atom is -0.313 e. The SMILES string of the molecule is CN(C1CCCCC1)S(=O)(=O)NCC1CCCCN1. The zero-order valence-corrected chi connectivity index (χ0v) is 12.7. The van der Waals surface area contributed by atoms with Crippen molar-refractivity contribution in [3.63, 3.8) is 0 Å². The quantitative estimate of drug-likeness (QED) is 0.800. The van der Waals surface area contributed by atoms with E-state index in [9.17, 15) is 8.42 Å². The number of hydrogen-bond donors (Lipinski definition) is 2. The Balaban J connectivity index is 1.82. The van der Waals surface area contributed by atoms with Gasteiger partial charge in [0.2, 0.25) is 0 Å². The average molecular weight is 289 g/mol. The predicted molar refractivity (Wildman–Crippen MR) is 77.2 cm³/mol. The van der Waals surface area contributed by atoms with Crippen LogP contribution >= 0.6 is 0 Å². The second-order valence-corrected chi connectivity index (χ2v) is 7.62. The van der Waals surface area contributed by atoms with Gasteiger partial charge in [0.15, 0.2) is 0 Å². The Bertz CT molecular complexity index is 360. The molecule has 19 heavy (non-hydrogen) atoms. The van der Waals surface area contributed by atoms with E-state index in [-0.39, 0.29) is 6.04 Å². The lowest BCUT2D eigenvalue weighted by Gasteiger charge is -2.31. The summed E-state index contributed by atoms with van der Waals surface area (Å²) in [7, 11) is -1.60. The van der Waals surface area contributed by atoms with Gasteiger partial charge in [0.25, 0.3) is 10.2 Å². The first-order chi connectivity index (χ1) is 9.09. The molecule has 112 valence electrons. The lowest BCUT2D eigenvalue weighted by Crippen LogP contribution is -2.49.